The summed E-state index contributed by atoms with van der Waals surface area (Å²) in [4.78, 5) is 3.90. The Hall–Kier alpha value is -1.30. The van der Waals surface area contributed by atoms with Crippen LogP contribution >= 0.6 is 11.6 Å². The molecule has 0 fully saturated rings. The lowest BCUT2D eigenvalue weighted by atomic mass is 10.2. The van der Waals surface area contributed by atoms with Gasteiger partial charge in [-0.05, 0) is 19.9 Å². The van der Waals surface area contributed by atoms with E-state index in [-0.39, 0.29) is 22.2 Å². The van der Waals surface area contributed by atoms with Crippen LogP contribution in [0.1, 0.15) is 25.5 Å². The van der Waals surface area contributed by atoms with E-state index in [9.17, 15) is 13.2 Å². The van der Waals surface area contributed by atoms with Crippen molar-refractivity contribution >= 4 is 22.6 Å². The highest BCUT2D eigenvalue weighted by Gasteiger charge is 2.34. The quantitative estimate of drug-likeness (QED) is 0.735. The highest BCUT2D eigenvalue weighted by molar-refractivity contribution is 6.29. The molecule has 2 rings (SSSR count). The molecule has 0 aliphatic rings. The summed E-state index contributed by atoms with van der Waals surface area (Å²) in [6.07, 6.45) is -3.29. The van der Waals surface area contributed by atoms with Gasteiger partial charge in [0.05, 0.1) is 17.1 Å². The Bertz CT molecular complexity index is 560. The summed E-state index contributed by atoms with van der Waals surface area (Å²) in [5, 5.41) is 3.69. The van der Waals surface area contributed by atoms with E-state index < -0.39 is 11.7 Å². The molecule has 92 valence electrons. The number of hydrogen-bond acceptors (Lipinski definition) is 2. The molecule has 0 spiro atoms. The minimum absolute atomic E-state index is 0.0319. The highest BCUT2D eigenvalue weighted by Crippen LogP contribution is 2.35. The van der Waals surface area contributed by atoms with E-state index in [0.717, 1.165) is 6.07 Å². The van der Waals surface area contributed by atoms with E-state index in [0.29, 0.717) is 0 Å². The third kappa shape index (κ3) is 2.09. The lowest BCUT2D eigenvalue weighted by Crippen LogP contribution is -2.08. The molecule has 0 bridgehead atoms. The number of halogens is 4. The predicted octanol–water partition coefficient (Wildman–Crippen LogP) is 3.68. The number of aromatic nitrogens is 3. The minimum atomic E-state index is -4.46. The first-order valence-electron chi connectivity index (χ1n) is 4.91. The third-order valence-corrected chi connectivity index (χ3v) is 2.52. The van der Waals surface area contributed by atoms with E-state index in [1.54, 1.807) is 0 Å². The normalized spacial score (nSPS) is 12.6. The van der Waals surface area contributed by atoms with Crippen molar-refractivity contribution in [3.63, 3.8) is 0 Å². The first-order chi connectivity index (χ1) is 7.80. The second kappa shape index (κ2) is 3.87. The molecule has 3 nitrogen and oxygen atoms in total. The molecule has 17 heavy (non-hydrogen) atoms. The topological polar surface area (TPSA) is 30.7 Å². The van der Waals surface area contributed by atoms with Crippen molar-refractivity contribution in [1.82, 2.24) is 14.8 Å². The van der Waals surface area contributed by atoms with E-state index in [1.807, 2.05) is 13.8 Å². The van der Waals surface area contributed by atoms with Gasteiger partial charge in [0.25, 0.3) is 0 Å². The maximum Gasteiger partial charge on any atom is 0.417 e. The Morgan fingerprint density at radius 2 is 2.00 bits per heavy atom. The predicted molar refractivity (Wildman–Crippen MR) is 57.9 cm³/mol. The van der Waals surface area contributed by atoms with Crippen LogP contribution in [-0.4, -0.2) is 14.8 Å². The van der Waals surface area contributed by atoms with Crippen LogP contribution in [-0.2, 0) is 6.18 Å². The zero-order chi connectivity index (χ0) is 12.8. The Morgan fingerprint density at radius 1 is 1.35 bits per heavy atom. The first kappa shape index (κ1) is 12.2. The maximum absolute atomic E-state index is 12.8. The smallest absolute Gasteiger partial charge is 0.245 e. The monoisotopic (exact) mass is 263 g/mol. The van der Waals surface area contributed by atoms with Gasteiger partial charge in [-0.3, -0.25) is 0 Å². The molecule has 2 heterocycles. The summed E-state index contributed by atoms with van der Waals surface area (Å²) in [5.41, 5.74) is -0.653. The molecule has 0 atom stereocenters. The molecule has 0 saturated heterocycles. The van der Waals surface area contributed by atoms with E-state index >= 15 is 0 Å². The van der Waals surface area contributed by atoms with Gasteiger partial charge in [0, 0.05) is 6.04 Å². The summed E-state index contributed by atoms with van der Waals surface area (Å²) in [6, 6.07) is 0.732. The largest absolute Gasteiger partial charge is 0.417 e. The van der Waals surface area contributed by atoms with Crippen molar-refractivity contribution in [2.45, 2.75) is 26.1 Å². The van der Waals surface area contributed by atoms with Crippen molar-refractivity contribution in [2.75, 3.05) is 0 Å². The first-order valence-corrected chi connectivity index (χ1v) is 5.29. The van der Waals surface area contributed by atoms with Crippen LogP contribution in [0, 0.1) is 0 Å². The average molecular weight is 264 g/mol. The molecule has 7 heteroatoms. The number of nitrogens with zero attached hydrogens (tertiary/aromatic N) is 3. The molecule has 0 aromatic carbocycles. The van der Waals surface area contributed by atoms with Crippen LogP contribution in [0.3, 0.4) is 0 Å². The molecular weight excluding hydrogens is 255 g/mol. The maximum atomic E-state index is 12.8. The molecule has 2 aromatic rings. The summed E-state index contributed by atoms with van der Waals surface area (Å²) in [7, 11) is 0. The van der Waals surface area contributed by atoms with Gasteiger partial charge in [0.2, 0.25) is 0 Å². The van der Waals surface area contributed by atoms with Gasteiger partial charge >= 0.3 is 6.18 Å². The second-order valence-electron chi connectivity index (χ2n) is 3.91. The molecule has 0 amide bonds. The number of rotatable bonds is 1. The van der Waals surface area contributed by atoms with Gasteiger partial charge in [0.1, 0.15) is 5.15 Å². The van der Waals surface area contributed by atoms with Crippen molar-refractivity contribution < 1.29 is 13.2 Å². The number of fused-ring (bicyclic) bond motifs is 1. The standard InChI is InChI=1S/C10H9ClF3N3/c1-5(2)17-9-6(4-15-17)7(10(12,13)14)3-8(11)16-9/h3-5H,1-2H3. The van der Waals surface area contributed by atoms with Crippen molar-refractivity contribution in [1.29, 1.82) is 0 Å². The summed E-state index contributed by atoms with van der Waals surface area (Å²) >= 11 is 5.61. The molecule has 0 radical (unpaired) electrons. The van der Waals surface area contributed by atoms with Gasteiger partial charge < -0.3 is 0 Å². The second-order valence-corrected chi connectivity index (χ2v) is 4.30. The van der Waals surface area contributed by atoms with Gasteiger partial charge in [-0.2, -0.15) is 18.3 Å². The number of hydrogen-bond donors (Lipinski definition) is 0. The summed E-state index contributed by atoms with van der Waals surface area (Å²) in [6.45, 7) is 3.62. The van der Waals surface area contributed by atoms with Crippen LogP contribution in [0.2, 0.25) is 5.15 Å². The fourth-order valence-electron chi connectivity index (χ4n) is 1.60. The fraction of sp³-hybridized carbons (Fsp3) is 0.400. The lowest BCUT2D eigenvalue weighted by molar-refractivity contribution is -0.136. The number of alkyl halides is 3. The Morgan fingerprint density at radius 3 is 2.53 bits per heavy atom. The van der Waals surface area contributed by atoms with Gasteiger partial charge in [-0.15, -0.1) is 0 Å². The Labute approximate surface area is 100 Å². The van der Waals surface area contributed by atoms with Crippen molar-refractivity contribution in [3.8, 4) is 0 Å². The summed E-state index contributed by atoms with van der Waals surface area (Å²) < 4.78 is 39.8. The molecular formula is C10H9ClF3N3. The van der Waals surface area contributed by atoms with E-state index in [4.69, 9.17) is 11.6 Å². The average Bonchev–Trinajstić information content (AvgIpc) is 2.57. The van der Waals surface area contributed by atoms with Crippen LogP contribution < -0.4 is 0 Å². The van der Waals surface area contributed by atoms with Gasteiger partial charge in [-0.1, -0.05) is 11.6 Å². The van der Waals surface area contributed by atoms with E-state index in [2.05, 4.69) is 10.1 Å². The van der Waals surface area contributed by atoms with Crippen LogP contribution in [0.15, 0.2) is 12.3 Å². The van der Waals surface area contributed by atoms with Crippen LogP contribution in [0.5, 0.6) is 0 Å². The van der Waals surface area contributed by atoms with E-state index in [1.165, 1.54) is 10.9 Å². The molecule has 0 saturated carbocycles. The zero-order valence-corrected chi connectivity index (χ0v) is 9.84. The minimum Gasteiger partial charge on any atom is -0.245 e. The lowest BCUT2D eigenvalue weighted by Gasteiger charge is -2.10. The Kier molecular flexibility index (Phi) is 2.77. The van der Waals surface area contributed by atoms with Crippen molar-refractivity contribution in [2.24, 2.45) is 0 Å². The molecule has 0 aliphatic carbocycles. The van der Waals surface area contributed by atoms with Gasteiger partial charge in [-0.25, -0.2) is 9.67 Å². The van der Waals surface area contributed by atoms with Crippen LogP contribution in [0.4, 0.5) is 13.2 Å². The number of pyridine rings is 1. The molecule has 2 aromatic heterocycles. The molecule has 0 aliphatic heterocycles. The van der Waals surface area contributed by atoms with Crippen molar-refractivity contribution in [3.05, 3.63) is 23.0 Å². The fourth-order valence-corrected chi connectivity index (χ4v) is 1.79. The molecule has 0 unspecified atom stereocenters. The SMILES string of the molecule is CC(C)n1ncc2c(C(F)(F)F)cc(Cl)nc21. The summed E-state index contributed by atoms with van der Waals surface area (Å²) in [5.74, 6) is 0. The zero-order valence-electron chi connectivity index (χ0n) is 9.09. The highest BCUT2D eigenvalue weighted by atomic mass is 35.5. The van der Waals surface area contributed by atoms with Gasteiger partial charge in [0.15, 0.2) is 5.65 Å². The third-order valence-electron chi connectivity index (χ3n) is 2.33. The Balaban J connectivity index is 2.79. The van der Waals surface area contributed by atoms with Crippen LogP contribution in [0.25, 0.3) is 11.0 Å². The molecule has 0 N–H and O–H groups in total.